The lowest BCUT2D eigenvalue weighted by Crippen LogP contribution is -2.46. The summed E-state index contributed by atoms with van der Waals surface area (Å²) in [6.07, 6.45) is 0.959. The molecule has 0 bridgehead atoms. The van der Waals surface area contributed by atoms with Crippen LogP contribution in [0.1, 0.15) is 30.5 Å². The molecule has 1 aliphatic heterocycles. The zero-order chi connectivity index (χ0) is 16.3. The molecule has 2 rings (SSSR count). The van der Waals surface area contributed by atoms with Crippen molar-refractivity contribution in [3.8, 4) is 0 Å². The van der Waals surface area contributed by atoms with Crippen LogP contribution in [0.4, 0.5) is 0 Å². The van der Waals surface area contributed by atoms with Gasteiger partial charge in [-0.3, -0.25) is 4.79 Å². The molecule has 1 unspecified atom stereocenters. The summed E-state index contributed by atoms with van der Waals surface area (Å²) in [6, 6.07) is 5.93. The first-order chi connectivity index (χ1) is 10.4. The van der Waals surface area contributed by atoms with Crippen LogP contribution in [0.2, 0.25) is 0 Å². The van der Waals surface area contributed by atoms with Crippen LogP contribution in [0.5, 0.6) is 0 Å². The Kier molecular flexibility index (Phi) is 4.85. The van der Waals surface area contributed by atoms with Crippen molar-refractivity contribution in [2.45, 2.75) is 25.8 Å². The van der Waals surface area contributed by atoms with Crippen LogP contribution in [0.25, 0.3) is 0 Å². The van der Waals surface area contributed by atoms with Crippen molar-refractivity contribution in [2.24, 2.45) is 0 Å². The molecule has 1 aliphatic rings. The fraction of sp³-hybridized carbons (Fsp3) is 0.467. The topological polar surface area (TPSA) is 91.8 Å². The first-order valence-corrected chi connectivity index (χ1v) is 8.98. The number of hydrogen-bond donors (Lipinski definition) is 1. The van der Waals surface area contributed by atoms with Crippen molar-refractivity contribution < 1.29 is 23.1 Å². The average molecular weight is 325 g/mol. The van der Waals surface area contributed by atoms with Gasteiger partial charge in [0.15, 0.2) is 15.9 Å². The third-order valence-corrected chi connectivity index (χ3v) is 5.41. The molecule has 0 radical (unpaired) electrons. The molecule has 0 saturated carbocycles. The lowest BCUT2D eigenvalue weighted by molar-refractivity contribution is -0.150. The summed E-state index contributed by atoms with van der Waals surface area (Å²) in [5.74, 6) is -2.49. The van der Waals surface area contributed by atoms with Gasteiger partial charge in [0.05, 0.1) is 5.75 Å². The van der Waals surface area contributed by atoms with E-state index < -0.39 is 33.5 Å². The molecular formula is C15H19NO5S. The second kappa shape index (κ2) is 6.48. The van der Waals surface area contributed by atoms with E-state index in [-0.39, 0.29) is 12.3 Å². The average Bonchev–Trinajstić information content (AvgIpc) is 2.45. The Labute approximate surface area is 129 Å². The SMILES string of the molecule is CCCS(=O)(=O)CC(=O)N1CCc2ccccc2C1C(=O)O. The Balaban J connectivity index is 2.28. The van der Waals surface area contributed by atoms with E-state index in [1.54, 1.807) is 19.1 Å². The van der Waals surface area contributed by atoms with Crippen molar-refractivity contribution in [1.29, 1.82) is 0 Å². The van der Waals surface area contributed by atoms with Crippen LogP contribution >= 0.6 is 0 Å². The van der Waals surface area contributed by atoms with E-state index in [0.29, 0.717) is 18.4 Å². The molecule has 0 spiro atoms. The highest BCUT2D eigenvalue weighted by molar-refractivity contribution is 7.92. The molecule has 1 atom stereocenters. The minimum absolute atomic E-state index is 0.0685. The number of hydrogen-bond acceptors (Lipinski definition) is 4. The van der Waals surface area contributed by atoms with Gasteiger partial charge in [0, 0.05) is 6.54 Å². The Morgan fingerprint density at radius 1 is 1.32 bits per heavy atom. The summed E-state index contributed by atoms with van der Waals surface area (Å²) in [5.41, 5.74) is 1.44. The number of carbonyl (C=O) groups is 2. The van der Waals surface area contributed by atoms with Crippen molar-refractivity contribution in [2.75, 3.05) is 18.1 Å². The normalized spacial score (nSPS) is 17.9. The van der Waals surface area contributed by atoms with Crippen molar-refractivity contribution >= 4 is 21.7 Å². The number of carboxylic acid groups (broad SMARTS) is 1. The molecule has 6 nitrogen and oxygen atoms in total. The monoisotopic (exact) mass is 325 g/mol. The number of carbonyl (C=O) groups excluding carboxylic acids is 1. The van der Waals surface area contributed by atoms with Crippen molar-refractivity contribution in [1.82, 2.24) is 4.90 Å². The second-order valence-electron chi connectivity index (χ2n) is 5.37. The van der Waals surface area contributed by atoms with Gasteiger partial charge >= 0.3 is 5.97 Å². The molecule has 1 aromatic carbocycles. The van der Waals surface area contributed by atoms with Gasteiger partial charge < -0.3 is 10.0 Å². The molecule has 1 aromatic rings. The van der Waals surface area contributed by atoms with E-state index in [1.807, 2.05) is 12.1 Å². The Morgan fingerprint density at radius 3 is 2.64 bits per heavy atom. The standard InChI is InChI=1S/C15H19NO5S/c1-2-9-22(20,21)10-13(17)16-8-7-11-5-3-4-6-12(11)14(16)15(18)19/h3-6,14H,2,7-10H2,1H3,(H,18,19). The lowest BCUT2D eigenvalue weighted by Gasteiger charge is -2.34. The van der Waals surface area contributed by atoms with E-state index >= 15 is 0 Å². The largest absolute Gasteiger partial charge is 0.479 e. The third-order valence-electron chi connectivity index (χ3n) is 3.70. The molecule has 0 aliphatic carbocycles. The Bertz CT molecular complexity index is 683. The van der Waals surface area contributed by atoms with Crippen LogP contribution < -0.4 is 0 Å². The van der Waals surface area contributed by atoms with Crippen molar-refractivity contribution in [3.63, 3.8) is 0 Å². The van der Waals surface area contributed by atoms with E-state index in [1.165, 1.54) is 0 Å². The van der Waals surface area contributed by atoms with Gasteiger partial charge in [0.25, 0.3) is 0 Å². The second-order valence-corrected chi connectivity index (χ2v) is 7.55. The smallest absolute Gasteiger partial charge is 0.331 e. The maximum absolute atomic E-state index is 12.3. The van der Waals surface area contributed by atoms with Gasteiger partial charge in [-0.15, -0.1) is 0 Å². The summed E-state index contributed by atoms with van der Waals surface area (Å²) in [6.45, 7) is 1.94. The molecule has 0 saturated heterocycles. The number of fused-ring (bicyclic) bond motifs is 1. The van der Waals surface area contributed by atoms with Gasteiger partial charge in [-0.1, -0.05) is 31.2 Å². The first-order valence-electron chi connectivity index (χ1n) is 7.16. The summed E-state index contributed by atoms with van der Waals surface area (Å²) in [4.78, 5) is 25.0. The van der Waals surface area contributed by atoms with E-state index in [2.05, 4.69) is 0 Å². The predicted molar refractivity (Wildman–Crippen MR) is 81.2 cm³/mol. The molecule has 0 fully saturated rings. The van der Waals surface area contributed by atoms with Crippen LogP contribution in [0.3, 0.4) is 0 Å². The fourth-order valence-electron chi connectivity index (χ4n) is 2.76. The zero-order valence-corrected chi connectivity index (χ0v) is 13.2. The van der Waals surface area contributed by atoms with Gasteiger partial charge in [0.2, 0.25) is 5.91 Å². The van der Waals surface area contributed by atoms with Gasteiger partial charge in [-0.05, 0) is 24.0 Å². The van der Waals surface area contributed by atoms with Crippen LogP contribution in [0.15, 0.2) is 24.3 Å². The van der Waals surface area contributed by atoms with Gasteiger partial charge in [-0.2, -0.15) is 0 Å². The summed E-state index contributed by atoms with van der Waals surface area (Å²) in [5, 5.41) is 9.46. The maximum atomic E-state index is 12.3. The minimum Gasteiger partial charge on any atom is -0.479 e. The fourth-order valence-corrected chi connectivity index (χ4v) is 4.06. The molecule has 0 aromatic heterocycles. The van der Waals surface area contributed by atoms with Crippen LogP contribution in [-0.2, 0) is 25.8 Å². The van der Waals surface area contributed by atoms with E-state index in [0.717, 1.165) is 10.5 Å². The molecule has 1 amide bonds. The molecule has 7 heteroatoms. The number of sulfone groups is 1. The Hall–Kier alpha value is -1.89. The van der Waals surface area contributed by atoms with E-state index in [4.69, 9.17) is 0 Å². The number of benzene rings is 1. The number of rotatable bonds is 5. The quantitative estimate of drug-likeness (QED) is 0.873. The van der Waals surface area contributed by atoms with Crippen LogP contribution in [0, 0.1) is 0 Å². The van der Waals surface area contributed by atoms with E-state index in [9.17, 15) is 23.1 Å². The number of nitrogens with zero attached hydrogens (tertiary/aromatic N) is 1. The molecule has 1 heterocycles. The van der Waals surface area contributed by atoms with Gasteiger partial charge in [0.1, 0.15) is 5.75 Å². The number of amides is 1. The zero-order valence-electron chi connectivity index (χ0n) is 12.4. The maximum Gasteiger partial charge on any atom is 0.331 e. The van der Waals surface area contributed by atoms with Gasteiger partial charge in [-0.25, -0.2) is 13.2 Å². The first kappa shape index (κ1) is 16.5. The molecular weight excluding hydrogens is 306 g/mol. The van der Waals surface area contributed by atoms with Crippen molar-refractivity contribution in [3.05, 3.63) is 35.4 Å². The lowest BCUT2D eigenvalue weighted by atomic mass is 9.92. The number of carboxylic acids is 1. The summed E-state index contributed by atoms with van der Waals surface area (Å²) >= 11 is 0. The highest BCUT2D eigenvalue weighted by atomic mass is 32.2. The highest BCUT2D eigenvalue weighted by Gasteiger charge is 2.36. The highest BCUT2D eigenvalue weighted by Crippen LogP contribution is 2.30. The predicted octanol–water partition coefficient (Wildman–Crippen LogP) is 1.02. The summed E-state index contributed by atoms with van der Waals surface area (Å²) in [7, 11) is -3.49. The summed E-state index contributed by atoms with van der Waals surface area (Å²) < 4.78 is 23.6. The number of aliphatic carboxylic acids is 1. The molecule has 22 heavy (non-hydrogen) atoms. The molecule has 1 N–H and O–H groups in total. The van der Waals surface area contributed by atoms with Crippen LogP contribution in [-0.4, -0.2) is 48.4 Å². The minimum atomic E-state index is -3.49. The molecule has 120 valence electrons. The Morgan fingerprint density at radius 2 is 2.00 bits per heavy atom. The third kappa shape index (κ3) is 3.47.